The number of hydrogen-bond acceptors (Lipinski definition) is 5. The molecule has 0 unspecified atom stereocenters. The number of hydrogen-bond donors (Lipinski definition) is 2. The van der Waals surface area contributed by atoms with Gasteiger partial charge in [-0.2, -0.15) is 4.98 Å². The second kappa shape index (κ2) is 5.50. The third-order valence-corrected chi connectivity index (χ3v) is 3.58. The van der Waals surface area contributed by atoms with Crippen LogP contribution in [0.5, 0.6) is 0 Å². The van der Waals surface area contributed by atoms with Gasteiger partial charge >= 0.3 is 0 Å². The molecule has 19 heavy (non-hydrogen) atoms. The van der Waals surface area contributed by atoms with Crippen molar-refractivity contribution in [3.05, 3.63) is 35.7 Å². The molecule has 1 saturated heterocycles. The van der Waals surface area contributed by atoms with Gasteiger partial charge in [0, 0.05) is 18.0 Å². The largest absolute Gasteiger partial charge is 0.339 e. The van der Waals surface area contributed by atoms with E-state index in [9.17, 15) is 0 Å². The van der Waals surface area contributed by atoms with E-state index in [1.54, 1.807) is 0 Å². The summed E-state index contributed by atoms with van der Waals surface area (Å²) < 4.78 is 5.40. The van der Waals surface area contributed by atoms with Crippen LogP contribution < -0.4 is 11.1 Å². The third kappa shape index (κ3) is 2.67. The maximum absolute atomic E-state index is 5.58. The van der Waals surface area contributed by atoms with Crippen molar-refractivity contribution >= 4 is 0 Å². The average molecular weight is 258 g/mol. The van der Waals surface area contributed by atoms with E-state index in [0.717, 1.165) is 42.9 Å². The lowest BCUT2D eigenvalue weighted by Gasteiger charge is -2.18. The molecule has 5 nitrogen and oxygen atoms in total. The van der Waals surface area contributed by atoms with E-state index >= 15 is 0 Å². The Morgan fingerprint density at radius 3 is 2.63 bits per heavy atom. The van der Waals surface area contributed by atoms with E-state index in [1.165, 1.54) is 0 Å². The van der Waals surface area contributed by atoms with Crippen molar-refractivity contribution in [2.75, 3.05) is 13.1 Å². The molecule has 0 bridgehead atoms. The summed E-state index contributed by atoms with van der Waals surface area (Å²) in [7, 11) is 0. The van der Waals surface area contributed by atoms with E-state index in [-0.39, 0.29) is 0 Å². The van der Waals surface area contributed by atoms with E-state index < -0.39 is 0 Å². The molecular weight excluding hydrogens is 240 g/mol. The van der Waals surface area contributed by atoms with Gasteiger partial charge in [0.15, 0.2) is 0 Å². The van der Waals surface area contributed by atoms with Gasteiger partial charge in [-0.3, -0.25) is 0 Å². The molecule has 2 heterocycles. The number of nitrogens with two attached hydrogens (primary N) is 1. The van der Waals surface area contributed by atoms with Crippen molar-refractivity contribution < 1.29 is 4.52 Å². The van der Waals surface area contributed by atoms with Gasteiger partial charge in [0.05, 0.1) is 0 Å². The molecule has 100 valence electrons. The highest BCUT2D eigenvalue weighted by atomic mass is 16.5. The average Bonchev–Trinajstić information content (AvgIpc) is 2.98. The minimum absolute atomic E-state index is 0.394. The van der Waals surface area contributed by atoms with Gasteiger partial charge in [-0.25, -0.2) is 0 Å². The molecule has 5 heteroatoms. The monoisotopic (exact) mass is 258 g/mol. The molecule has 3 N–H and O–H groups in total. The summed E-state index contributed by atoms with van der Waals surface area (Å²) in [6.07, 6.45) is 2.13. The second-order valence-corrected chi connectivity index (χ2v) is 4.88. The van der Waals surface area contributed by atoms with Crippen molar-refractivity contribution in [3.63, 3.8) is 0 Å². The Kier molecular flexibility index (Phi) is 3.57. The van der Waals surface area contributed by atoms with Crippen LogP contribution in [-0.2, 0) is 6.54 Å². The van der Waals surface area contributed by atoms with Crippen molar-refractivity contribution in [1.29, 1.82) is 0 Å². The van der Waals surface area contributed by atoms with Crippen LogP contribution in [0, 0.1) is 0 Å². The summed E-state index contributed by atoms with van der Waals surface area (Å²) in [5, 5.41) is 7.41. The van der Waals surface area contributed by atoms with Crippen LogP contribution in [0.4, 0.5) is 0 Å². The van der Waals surface area contributed by atoms with Crippen LogP contribution in [-0.4, -0.2) is 23.2 Å². The lowest BCUT2D eigenvalue weighted by atomic mass is 9.98. The summed E-state index contributed by atoms with van der Waals surface area (Å²) in [6.45, 7) is 2.59. The van der Waals surface area contributed by atoms with Crippen molar-refractivity contribution in [2.24, 2.45) is 5.73 Å². The molecule has 1 aliphatic rings. The number of rotatable bonds is 3. The first-order valence-electron chi connectivity index (χ1n) is 6.70. The van der Waals surface area contributed by atoms with Gasteiger partial charge in [0.2, 0.25) is 11.7 Å². The van der Waals surface area contributed by atoms with Gasteiger partial charge in [-0.1, -0.05) is 29.4 Å². The molecule has 0 radical (unpaired) electrons. The quantitative estimate of drug-likeness (QED) is 0.875. The topological polar surface area (TPSA) is 77.0 Å². The third-order valence-electron chi connectivity index (χ3n) is 3.58. The Bertz CT molecular complexity index is 529. The zero-order valence-electron chi connectivity index (χ0n) is 10.8. The summed E-state index contributed by atoms with van der Waals surface area (Å²) in [5.41, 5.74) is 7.66. The number of nitrogens with zero attached hydrogens (tertiary/aromatic N) is 2. The minimum atomic E-state index is 0.394. The summed E-state index contributed by atoms with van der Waals surface area (Å²) in [4.78, 5) is 4.52. The Labute approximate surface area is 112 Å². The van der Waals surface area contributed by atoms with E-state index in [4.69, 9.17) is 10.3 Å². The van der Waals surface area contributed by atoms with Crippen LogP contribution in [0.15, 0.2) is 28.8 Å². The first-order chi connectivity index (χ1) is 9.36. The number of aromatic nitrogens is 2. The number of benzene rings is 1. The smallest absolute Gasteiger partial charge is 0.230 e. The van der Waals surface area contributed by atoms with Gasteiger partial charge in [0.25, 0.3) is 0 Å². The SMILES string of the molecule is NCc1ccc(-c2noc(C3CCNCC3)n2)cc1. The van der Waals surface area contributed by atoms with Crippen LogP contribution in [0.2, 0.25) is 0 Å². The van der Waals surface area contributed by atoms with Crippen LogP contribution >= 0.6 is 0 Å². The molecule has 1 aromatic heterocycles. The van der Waals surface area contributed by atoms with E-state index in [1.807, 2.05) is 24.3 Å². The van der Waals surface area contributed by atoms with Gasteiger partial charge in [-0.05, 0) is 31.5 Å². The molecule has 0 atom stereocenters. The van der Waals surface area contributed by atoms with Gasteiger partial charge in [-0.15, -0.1) is 0 Å². The lowest BCUT2D eigenvalue weighted by Crippen LogP contribution is -2.26. The van der Waals surface area contributed by atoms with Crippen molar-refractivity contribution in [2.45, 2.75) is 25.3 Å². The molecule has 1 aromatic carbocycles. The molecule has 3 rings (SSSR count). The highest BCUT2D eigenvalue weighted by Gasteiger charge is 2.21. The first-order valence-corrected chi connectivity index (χ1v) is 6.70. The van der Waals surface area contributed by atoms with Crippen molar-refractivity contribution in [1.82, 2.24) is 15.5 Å². The zero-order valence-corrected chi connectivity index (χ0v) is 10.8. The Morgan fingerprint density at radius 2 is 1.95 bits per heavy atom. The minimum Gasteiger partial charge on any atom is -0.339 e. The summed E-state index contributed by atoms with van der Waals surface area (Å²) in [5.74, 6) is 1.82. The summed E-state index contributed by atoms with van der Waals surface area (Å²) >= 11 is 0. The fourth-order valence-electron chi connectivity index (χ4n) is 2.38. The highest BCUT2D eigenvalue weighted by molar-refractivity contribution is 5.54. The highest BCUT2D eigenvalue weighted by Crippen LogP contribution is 2.26. The van der Waals surface area contributed by atoms with Crippen LogP contribution in [0.1, 0.15) is 30.2 Å². The maximum atomic E-state index is 5.58. The molecule has 1 fully saturated rings. The molecular formula is C14H18N4O. The van der Waals surface area contributed by atoms with E-state index in [0.29, 0.717) is 18.3 Å². The first kappa shape index (κ1) is 12.3. The molecule has 2 aromatic rings. The standard InChI is InChI=1S/C14H18N4O/c15-9-10-1-3-11(4-2-10)13-17-14(19-18-13)12-5-7-16-8-6-12/h1-4,12,16H,5-9,15H2. The van der Waals surface area contributed by atoms with E-state index in [2.05, 4.69) is 15.5 Å². The Balaban J connectivity index is 1.79. The van der Waals surface area contributed by atoms with Crippen LogP contribution in [0.3, 0.4) is 0 Å². The van der Waals surface area contributed by atoms with Gasteiger partial charge in [0.1, 0.15) is 0 Å². The predicted octanol–water partition coefficient (Wildman–Crippen LogP) is 1.66. The fraction of sp³-hybridized carbons (Fsp3) is 0.429. The summed E-state index contributed by atoms with van der Waals surface area (Å²) in [6, 6.07) is 7.96. The molecule has 0 spiro atoms. The zero-order chi connectivity index (χ0) is 13.1. The Hall–Kier alpha value is -1.72. The molecule has 0 saturated carbocycles. The van der Waals surface area contributed by atoms with Gasteiger partial charge < -0.3 is 15.6 Å². The van der Waals surface area contributed by atoms with Crippen molar-refractivity contribution in [3.8, 4) is 11.4 Å². The predicted molar refractivity (Wildman–Crippen MR) is 72.5 cm³/mol. The Morgan fingerprint density at radius 1 is 1.21 bits per heavy atom. The maximum Gasteiger partial charge on any atom is 0.230 e. The van der Waals surface area contributed by atoms with Crippen LogP contribution in [0.25, 0.3) is 11.4 Å². The number of piperidine rings is 1. The lowest BCUT2D eigenvalue weighted by molar-refractivity contribution is 0.320. The molecule has 0 amide bonds. The normalized spacial score (nSPS) is 16.7. The fourth-order valence-corrected chi connectivity index (χ4v) is 2.38. The molecule has 0 aliphatic carbocycles. The molecule has 1 aliphatic heterocycles. The second-order valence-electron chi connectivity index (χ2n) is 4.88. The number of nitrogens with one attached hydrogen (secondary N) is 1.